The Balaban J connectivity index is 1.55. The molecule has 0 unspecified atom stereocenters. The average Bonchev–Trinajstić information content (AvgIpc) is 2.74. The first-order valence-corrected chi connectivity index (χ1v) is 11.6. The molecule has 0 spiro atoms. The smallest absolute Gasteiger partial charge is 0.261 e. The number of carbonyl (C=O) groups excluding carboxylic acids is 2. The Morgan fingerprint density at radius 2 is 1.44 bits per heavy atom. The molecule has 3 aromatic rings. The summed E-state index contributed by atoms with van der Waals surface area (Å²) < 4.78 is 27.7. The lowest BCUT2D eigenvalue weighted by atomic mass is 10.1. The lowest BCUT2D eigenvalue weighted by molar-refractivity contribution is -0.116. The van der Waals surface area contributed by atoms with Crippen LogP contribution in [0, 0.1) is 6.92 Å². The van der Waals surface area contributed by atoms with Crippen LogP contribution in [0.4, 0.5) is 17.1 Å². The second-order valence-corrected chi connectivity index (χ2v) is 9.11. The van der Waals surface area contributed by atoms with E-state index in [2.05, 4.69) is 15.4 Å². The van der Waals surface area contributed by atoms with Crippen LogP contribution in [0.3, 0.4) is 0 Å². The fraction of sp³-hybridized carbons (Fsp3) is 0.167. The molecule has 0 fully saturated rings. The molecule has 0 atom stereocenters. The number of hydrogen-bond acceptors (Lipinski definition) is 4. The van der Waals surface area contributed by atoms with Crippen LogP contribution in [0.2, 0.25) is 0 Å². The van der Waals surface area contributed by atoms with E-state index in [9.17, 15) is 18.0 Å². The molecule has 0 aliphatic carbocycles. The summed E-state index contributed by atoms with van der Waals surface area (Å²) in [6.07, 6.45) is 0.695. The molecule has 7 nitrogen and oxygen atoms in total. The molecule has 8 heteroatoms. The molecule has 32 heavy (non-hydrogen) atoms. The topological polar surface area (TPSA) is 104 Å². The van der Waals surface area contributed by atoms with Gasteiger partial charge in [-0.25, -0.2) is 8.42 Å². The molecular weight excluding hydrogens is 426 g/mol. The van der Waals surface area contributed by atoms with Crippen LogP contribution in [0.15, 0.2) is 77.7 Å². The maximum atomic E-state index is 12.6. The van der Waals surface area contributed by atoms with Crippen molar-refractivity contribution in [3.63, 3.8) is 0 Å². The Morgan fingerprint density at radius 3 is 2.06 bits per heavy atom. The third-order valence-corrected chi connectivity index (χ3v) is 6.04. The van der Waals surface area contributed by atoms with Crippen LogP contribution in [-0.4, -0.2) is 20.2 Å². The van der Waals surface area contributed by atoms with E-state index in [-0.39, 0.29) is 23.1 Å². The van der Waals surface area contributed by atoms with E-state index < -0.39 is 10.0 Å². The minimum atomic E-state index is -3.69. The number of rotatable bonds is 8. The minimum Gasteiger partial charge on any atom is -0.326 e. The fourth-order valence-corrected chi connectivity index (χ4v) is 4.09. The highest BCUT2D eigenvalue weighted by Gasteiger charge is 2.14. The summed E-state index contributed by atoms with van der Waals surface area (Å²) in [5.41, 5.74) is 3.58. The zero-order valence-corrected chi connectivity index (χ0v) is 18.7. The lowest BCUT2D eigenvalue weighted by Crippen LogP contribution is -2.14. The normalized spacial score (nSPS) is 10.9. The molecule has 3 aromatic carbocycles. The van der Waals surface area contributed by atoms with Crippen LogP contribution in [0.5, 0.6) is 0 Å². The van der Waals surface area contributed by atoms with E-state index in [1.807, 2.05) is 19.1 Å². The third kappa shape index (κ3) is 6.68. The van der Waals surface area contributed by atoms with Gasteiger partial charge >= 0.3 is 0 Å². The molecule has 0 saturated carbocycles. The van der Waals surface area contributed by atoms with Crippen molar-refractivity contribution >= 4 is 38.9 Å². The molecule has 0 bridgehead atoms. The van der Waals surface area contributed by atoms with Crippen LogP contribution >= 0.6 is 0 Å². The Bertz CT molecular complexity index is 1200. The first kappa shape index (κ1) is 23.0. The number of hydrogen-bond donors (Lipinski definition) is 3. The molecule has 0 heterocycles. The summed E-state index contributed by atoms with van der Waals surface area (Å²) in [7, 11) is -3.69. The number of nitrogens with one attached hydrogen (secondary N) is 3. The van der Waals surface area contributed by atoms with Gasteiger partial charge in [0.2, 0.25) is 11.8 Å². The highest BCUT2D eigenvalue weighted by molar-refractivity contribution is 7.92. The van der Waals surface area contributed by atoms with Crippen molar-refractivity contribution in [2.45, 2.75) is 31.6 Å². The monoisotopic (exact) mass is 451 g/mol. The Labute approximate surface area is 187 Å². The number of anilines is 3. The summed E-state index contributed by atoms with van der Waals surface area (Å²) in [6, 6.07) is 20.5. The Kier molecular flexibility index (Phi) is 7.27. The van der Waals surface area contributed by atoms with Crippen LogP contribution in [-0.2, 0) is 26.0 Å². The summed E-state index contributed by atoms with van der Waals surface area (Å²) in [5.74, 6) is -0.365. The molecule has 0 aliphatic rings. The highest BCUT2D eigenvalue weighted by Crippen LogP contribution is 2.18. The predicted octanol–water partition coefficient (Wildman–Crippen LogP) is 4.33. The minimum absolute atomic E-state index is 0.154. The molecule has 3 rings (SSSR count). The van der Waals surface area contributed by atoms with Crippen molar-refractivity contribution in [1.82, 2.24) is 0 Å². The van der Waals surface area contributed by atoms with Gasteiger partial charge in [0.15, 0.2) is 0 Å². The quantitative estimate of drug-likeness (QED) is 0.474. The second kappa shape index (κ2) is 10.1. The van der Waals surface area contributed by atoms with Crippen LogP contribution in [0.25, 0.3) is 0 Å². The predicted molar refractivity (Wildman–Crippen MR) is 126 cm³/mol. The average molecular weight is 452 g/mol. The zero-order valence-electron chi connectivity index (χ0n) is 17.9. The number of carbonyl (C=O) groups is 2. The van der Waals surface area contributed by atoms with Crippen molar-refractivity contribution < 1.29 is 18.0 Å². The van der Waals surface area contributed by atoms with E-state index in [1.54, 1.807) is 48.5 Å². The molecule has 2 amide bonds. The third-order valence-electron chi connectivity index (χ3n) is 4.64. The number of aryl methyl sites for hydroxylation is 2. The Hall–Kier alpha value is -3.65. The first-order chi connectivity index (χ1) is 15.2. The molecule has 0 aliphatic heterocycles. The summed E-state index contributed by atoms with van der Waals surface area (Å²) >= 11 is 0. The van der Waals surface area contributed by atoms with E-state index >= 15 is 0 Å². The molecule has 0 aromatic heterocycles. The van der Waals surface area contributed by atoms with E-state index in [1.165, 1.54) is 19.1 Å². The van der Waals surface area contributed by atoms with E-state index in [0.29, 0.717) is 23.5 Å². The van der Waals surface area contributed by atoms with Gasteiger partial charge in [0, 0.05) is 30.4 Å². The van der Waals surface area contributed by atoms with E-state index in [4.69, 9.17) is 0 Å². The van der Waals surface area contributed by atoms with Crippen molar-refractivity contribution in [3.05, 3.63) is 83.9 Å². The molecule has 166 valence electrons. The summed E-state index contributed by atoms with van der Waals surface area (Å²) in [4.78, 5) is 23.6. The van der Waals surface area contributed by atoms with Crippen molar-refractivity contribution in [3.8, 4) is 0 Å². The largest absolute Gasteiger partial charge is 0.326 e. The SMILES string of the molecule is CC(=O)Nc1cccc(NC(=O)CCc2ccc(S(=O)(=O)Nc3ccc(C)cc3)cc2)c1. The van der Waals surface area contributed by atoms with Gasteiger partial charge in [0.25, 0.3) is 10.0 Å². The maximum absolute atomic E-state index is 12.6. The summed E-state index contributed by atoms with van der Waals surface area (Å²) in [6.45, 7) is 3.35. The molecule has 0 saturated heterocycles. The summed E-state index contributed by atoms with van der Waals surface area (Å²) in [5, 5.41) is 5.46. The molecule has 0 radical (unpaired) electrons. The van der Waals surface area contributed by atoms with Gasteiger partial charge in [-0.2, -0.15) is 0 Å². The van der Waals surface area contributed by atoms with Crippen molar-refractivity contribution in [1.29, 1.82) is 0 Å². The van der Waals surface area contributed by atoms with E-state index in [0.717, 1.165) is 11.1 Å². The first-order valence-electron chi connectivity index (χ1n) is 10.1. The van der Waals surface area contributed by atoms with Crippen LogP contribution in [0.1, 0.15) is 24.5 Å². The Morgan fingerprint density at radius 1 is 0.812 bits per heavy atom. The second-order valence-electron chi connectivity index (χ2n) is 7.43. The van der Waals surface area contributed by atoms with Gasteiger partial charge in [0.05, 0.1) is 4.90 Å². The van der Waals surface area contributed by atoms with Gasteiger partial charge in [-0.15, -0.1) is 0 Å². The van der Waals surface area contributed by atoms with Crippen molar-refractivity contribution in [2.24, 2.45) is 0 Å². The highest BCUT2D eigenvalue weighted by atomic mass is 32.2. The van der Waals surface area contributed by atoms with Crippen molar-refractivity contribution in [2.75, 3.05) is 15.4 Å². The van der Waals surface area contributed by atoms with Gasteiger partial charge < -0.3 is 10.6 Å². The van der Waals surface area contributed by atoms with Gasteiger partial charge in [-0.3, -0.25) is 14.3 Å². The lowest BCUT2D eigenvalue weighted by Gasteiger charge is -2.10. The standard InChI is InChI=1S/C24H25N3O4S/c1-17-6-11-20(12-7-17)27-32(30,31)23-13-8-19(9-14-23)10-15-24(29)26-22-5-3-4-21(16-22)25-18(2)28/h3-9,11-14,16,27H,10,15H2,1-2H3,(H,25,28)(H,26,29). The molecule has 3 N–H and O–H groups in total. The van der Waals surface area contributed by atoms with Gasteiger partial charge in [0.1, 0.15) is 0 Å². The van der Waals surface area contributed by atoms with Crippen LogP contribution < -0.4 is 15.4 Å². The van der Waals surface area contributed by atoms with Gasteiger partial charge in [-0.1, -0.05) is 35.9 Å². The van der Waals surface area contributed by atoms with Gasteiger partial charge in [-0.05, 0) is 61.4 Å². The zero-order chi connectivity index (χ0) is 23.1. The number of amides is 2. The molecular formula is C24H25N3O4S. The fourth-order valence-electron chi connectivity index (χ4n) is 3.03. The maximum Gasteiger partial charge on any atom is 0.261 e. The number of benzene rings is 3. The number of sulfonamides is 1.